The number of hydrogen-bond acceptors (Lipinski definition) is 4. The van der Waals surface area contributed by atoms with E-state index in [1.165, 1.54) is 30.6 Å². The Balaban J connectivity index is 1.76. The zero-order valence-electron chi connectivity index (χ0n) is 19.2. The van der Waals surface area contributed by atoms with Gasteiger partial charge in [-0.25, -0.2) is 9.36 Å². The Bertz CT molecular complexity index is 1320. The van der Waals surface area contributed by atoms with Crippen molar-refractivity contribution in [3.63, 3.8) is 0 Å². The molecule has 0 atom stereocenters. The van der Waals surface area contributed by atoms with Gasteiger partial charge in [0.1, 0.15) is 0 Å². The number of nitrogens with zero attached hydrogens (tertiary/aromatic N) is 5. The van der Waals surface area contributed by atoms with Crippen LogP contribution in [0.2, 0.25) is 5.02 Å². The number of aromatic nitrogens is 4. The van der Waals surface area contributed by atoms with Crippen molar-refractivity contribution < 1.29 is 40.3 Å². The van der Waals surface area contributed by atoms with E-state index in [1.807, 2.05) is 6.92 Å². The highest BCUT2D eigenvalue weighted by atomic mass is 35.5. The number of benzene rings is 1. The minimum absolute atomic E-state index is 0.127. The van der Waals surface area contributed by atoms with Gasteiger partial charge in [0.15, 0.2) is 17.3 Å². The van der Waals surface area contributed by atoms with Gasteiger partial charge in [-0.15, -0.1) is 0 Å². The third-order valence-electron chi connectivity index (χ3n) is 5.75. The molecular formula is C22H19ClF7N5O2. The van der Waals surface area contributed by atoms with Gasteiger partial charge in [0.05, 0.1) is 16.8 Å². The van der Waals surface area contributed by atoms with Gasteiger partial charge in [-0.1, -0.05) is 17.7 Å². The summed E-state index contributed by atoms with van der Waals surface area (Å²) < 4.78 is 98.4. The molecular weight excluding hydrogens is 535 g/mol. The van der Waals surface area contributed by atoms with Crippen molar-refractivity contribution in [1.82, 2.24) is 24.5 Å². The van der Waals surface area contributed by atoms with Crippen LogP contribution in [0.15, 0.2) is 30.6 Å². The number of rotatable bonds is 8. The second-order valence-corrected chi connectivity index (χ2v) is 8.67. The minimum Gasteiger partial charge on any atom is -0.428 e. The van der Waals surface area contributed by atoms with Crippen LogP contribution in [0, 0.1) is 0 Å². The molecule has 2 aromatic heterocycles. The summed E-state index contributed by atoms with van der Waals surface area (Å²) in [5.41, 5.74) is -1.14. The second kappa shape index (κ2) is 9.54. The van der Waals surface area contributed by atoms with Crippen molar-refractivity contribution in [2.24, 2.45) is 7.05 Å². The Labute approximate surface area is 210 Å². The molecule has 37 heavy (non-hydrogen) atoms. The lowest BCUT2D eigenvalue weighted by atomic mass is 10.1. The monoisotopic (exact) mass is 553 g/mol. The standard InChI is InChI=1S/C22H19ClF7N5O2/c1-3-34(13-5-6-13)19(36)14-8-11(4-7-15(14)23)12-9-31-35(10-12)18-16(37-20(24)25)17(32-33(18)2)21(26,27)22(28,29)30/h4,7-10,13,20H,3,5-6H2,1-2H3. The molecule has 1 saturated carbocycles. The SMILES string of the molecule is CCN(C(=O)c1cc(-c2cnn(-c3c(OC(F)F)c(C(F)(F)C(F)(F)F)nn3C)c2)ccc1Cl)C1CC1. The van der Waals surface area contributed by atoms with Crippen molar-refractivity contribution in [3.05, 3.63) is 46.9 Å². The fourth-order valence-corrected chi connectivity index (χ4v) is 4.05. The van der Waals surface area contributed by atoms with Gasteiger partial charge in [-0.2, -0.15) is 40.9 Å². The molecule has 0 bridgehead atoms. The molecule has 0 saturated heterocycles. The molecule has 1 amide bonds. The van der Waals surface area contributed by atoms with Crippen LogP contribution in [0.3, 0.4) is 0 Å². The molecule has 15 heteroatoms. The Kier molecular flexibility index (Phi) is 6.90. The summed E-state index contributed by atoms with van der Waals surface area (Å²) in [5.74, 6) is -8.05. The Morgan fingerprint density at radius 2 is 1.89 bits per heavy atom. The van der Waals surface area contributed by atoms with Crippen LogP contribution in [0.25, 0.3) is 16.9 Å². The first-order valence-corrected chi connectivity index (χ1v) is 11.3. The van der Waals surface area contributed by atoms with Gasteiger partial charge in [-0.3, -0.25) is 4.79 Å². The molecule has 0 radical (unpaired) electrons. The van der Waals surface area contributed by atoms with Crippen LogP contribution in [-0.2, 0) is 13.0 Å². The lowest BCUT2D eigenvalue weighted by molar-refractivity contribution is -0.291. The fourth-order valence-electron chi connectivity index (χ4n) is 3.85. The minimum atomic E-state index is -6.12. The largest absolute Gasteiger partial charge is 0.459 e. The first-order valence-electron chi connectivity index (χ1n) is 10.9. The predicted octanol–water partition coefficient (Wildman–Crippen LogP) is 5.81. The second-order valence-electron chi connectivity index (χ2n) is 8.27. The lowest BCUT2D eigenvalue weighted by Crippen LogP contribution is -2.34. The van der Waals surface area contributed by atoms with Crippen LogP contribution >= 0.6 is 11.6 Å². The Morgan fingerprint density at radius 1 is 1.22 bits per heavy atom. The van der Waals surface area contributed by atoms with Crippen molar-refractivity contribution in [2.45, 2.75) is 44.5 Å². The molecule has 200 valence electrons. The first-order chi connectivity index (χ1) is 17.3. The third kappa shape index (κ3) is 4.98. The fraction of sp³-hybridized carbons (Fsp3) is 0.409. The molecule has 1 aromatic carbocycles. The maximum Gasteiger partial charge on any atom is 0.459 e. The zero-order valence-corrected chi connectivity index (χ0v) is 20.0. The van der Waals surface area contributed by atoms with Gasteiger partial charge in [0, 0.05) is 31.4 Å². The van der Waals surface area contributed by atoms with Crippen LogP contribution < -0.4 is 4.74 Å². The number of hydrogen-bond donors (Lipinski definition) is 0. The molecule has 7 nitrogen and oxygen atoms in total. The highest BCUT2D eigenvalue weighted by molar-refractivity contribution is 6.34. The number of halogens is 8. The molecule has 4 rings (SSSR count). The zero-order chi connectivity index (χ0) is 27.3. The van der Waals surface area contributed by atoms with Crippen molar-refractivity contribution in [1.29, 1.82) is 0 Å². The summed E-state index contributed by atoms with van der Waals surface area (Å²) in [6.45, 7) is -1.42. The van der Waals surface area contributed by atoms with E-state index in [4.69, 9.17) is 11.6 Å². The topological polar surface area (TPSA) is 65.2 Å². The molecule has 0 N–H and O–H groups in total. The van der Waals surface area contributed by atoms with E-state index in [0.29, 0.717) is 16.8 Å². The summed E-state index contributed by atoms with van der Waals surface area (Å²) in [6, 6.07) is 4.62. The van der Waals surface area contributed by atoms with E-state index in [0.717, 1.165) is 24.6 Å². The van der Waals surface area contributed by atoms with Crippen LogP contribution in [0.4, 0.5) is 30.7 Å². The number of carbonyl (C=O) groups excluding carboxylic acids is 1. The van der Waals surface area contributed by atoms with Crippen LogP contribution in [-0.4, -0.2) is 55.7 Å². The number of amides is 1. The molecule has 0 spiro atoms. The smallest absolute Gasteiger partial charge is 0.428 e. The van der Waals surface area contributed by atoms with Crippen LogP contribution in [0.1, 0.15) is 35.8 Å². The summed E-state index contributed by atoms with van der Waals surface area (Å²) in [7, 11) is 0.973. The molecule has 2 heterocycles. The Morgan fingerprint density at radius 3 is 2.46 bits per heavy atom. The quantitative estimate of drug-likeness (QED) is 0.331. The molecule has 3 aromatic rings. The van der Waals surface area contributed by atoms with Crippen LogP contribution in [0.5, 0.6) is 5.75 Å². The summed E-state index contributed by atoms with van der Waals surface area (Å²) >= 11 is 6.25. The van der Waals surface area contributed by atoms with Gasteiger partial charge in [0.2, 0.25) is 0 Å². The summed E-state index contributed by atoms with van der Waals surface area (Å²) in [5, 5.41) is 7.23. The predicted molar refractivity (Wildman–Crippen MR) is 117 cm³/mol. The molecule has 0 aliphatic heterocycles. The highest BCUT2D eigenvalue weighted by Crippen LogP contribution is 2.48. The summed E-state index contributed by atoms with van der Waals surface area (Å²) in [6.07, 6.45) is -1.97. The highest BCUT2D eigenvalue weighted by Gasteiger charge is 2.62. The number of alkyl halides is 7. The van der Waals surface area contributed by atoms with Gasteiger partial charge >= 0.3 is 18.7 Å². The van der Waals surface area contributed by atoms with Crippen molar-refractivity contribution in [2.75, 3.05) is 6.54 Å². The molecule has 0 unspecified atom stereocenters. The van der Waals surface area contributed by atoms with Gasteiger partial charge in [0.25, 0.3) is 5.91 Å². The maximum absolute atomic E-state index is 14.1. The number of carbonyl (C=O) groups is 1. The average molecular weight is 554 g/mol. The van der Waals surface area contributed by atoms with Gasteiger partial charge in [-0.05, 0) is 37.5 Å². The number of aryl methyl sites for hydroxylation is 1. The normalized spacial score (nSPS) is 14.4. The molecule has 1 fully saturated rings. The van der Waals surface area contributed by atoms with E-state index in [2.05, 4.69) is 14.9 Å². The van der Waals surface area contributed by atoms with Crippen molar-refractivity contribution >= 4 is 17.5 Å². The maximum atomic E-state index is 14.1. The van der Waals surface area contributed by atoms with E-state index < -0.39 is 36.0 Å². The summed E-state index contributed by atoms with van der Waals surface area (Å²) in [4.78, 5) is 14.7. The van der Waals surface area contributed by atoms with E-state index >= 15 is 0 Å². The average Bonchev–Trinajstić information content (AvgIpc) is 3.42. The van der Waals surface area contributed by atoms with Gasteiger partial charge < -0.3 is 9.64 Å². The van der Waals surface area contributed by atoms with Crippen molar-refractivity contribution in [3.8, 4) is 22.7 Å². The van der Waals surface area contributed by atoms with E-state index in [9.17, 15) is 35.5 Å². The van der Waals surface area contributed by atoms with E-state index in [1.54, 1.807) is 4.90 Å². The molecule has 1 aliphatic rings. The number of ether oxygens (including phenoxy) is 1. The third-order valence-corrected chi connectivity index (χ3v) is 6.08. The lowest BCUT2D eigenvalue weighted by Gasteiger charge is -2.21. The molecule has 1 aliphatic carbocycles. The Hall–Kier alpha value is -3.29. The first kappa shape index (κ1) is 26.8. The van der Waals surface area contributed by atoms with E-state index in [-0.39, 0.29) is 28.1 Å².